The SMILES string of the molecule is CN(C)C1CCN(C(=O)c2c[nH]c(=S)n2-c2ccccc2)CC1. The third-order valence-electron chi connectivity index (χ3n) is 4.49. The molecule has 0 bridgehead atoms. The van der Waals surface area contributed by atoms with Gasteiger partial charge >= 0.3 is 0 Å². The Morgan fingerprint density at radius 3 is 2.48 bits per heavy atom. The lowest BCUT2D eigenvalue weighted by Gasteiger charge is -2.35. The van der Waals surface area contributed by atoms with Crippen LogP contribution in [0, 0.1) is 4.77 Å². The highest BCUT2D eigenvalue weighted by Gasteiger charge is 2.26. The number of carbonyl (C=O) groups is 1. The van der Waals surface area contributed by atoms with Gasteiger partial charge in [0.05, 0.1) is 0 Å². The Hall–Kier alpha value is -1.92. The number of aromatic nitrogens is 2. The van der Waals surface area contributed by atoms with Crippen LogP contribution in [0.4, 0.5) is 0 Å². The first-order chi connectivity index (χ1) is 11.1. The third kappa shape index (κ3) is 3.23. The lowest BCUT2D eigenvalue weighted by Crippen LogP contribution is -2.44. The number of carbonyl (C=O) groups excluding carboxylic acids is 1. The molecule has 0 unspecified atom stereocenters. The maximum atomic E-state index is 12.9. The van der Waals surface area contributed by atoms with Crippen molar-refractivity contribution >= 4 is 18.1 Å². The summed E-state index contributed by atoms with van der Waals surface area (Å²) in [4.78, 5) is 20.1. The van der Waals surface area contributed by atoms with Crippen LogP contribution in [0.3, 0.4) is 0 Å². The number of hydrogen-bond acceptors (Lipinski definition) is 3. The molecule has 1 amide bonds. The van der Waals surface area contributed by atoms with E-state index in [1.807, 2.05) is 39.8 Å². The van der Waals surface area contributed by atoms with E-state index < -0.39 is 0 Å². The summed E-state index contributed by atoms with van der Waals surface area (Å²) in [5.74, 6) is 0.0402. The maximum Gasteiger partial charge on any atom is 0.272 e. The molecule has 1 saturated heterocycles. The standard InChI is InChI=1S/C17H22N4OS/c1-19(2)13-8-10-20(11-9-13)16(22)15-12-18-17(23)21(15)14-6-4-3-5-7-14/h3-7,12-13H,8-11H2,1-2H3,(H,18,23). The van der Waals surface area contributed by atoms with Gasteiger partial charge in [-0.3, -0.25) is 9.36 Å². The van der Waals surface area contributed by atoms with E-state index in [-0.39, 0.29) is 5.91 Å². The van der Waals surface area contributed by atoms with Gasteiger partial charge in [0.2, 0.25) is 0 Å². The van der Waals surface area contributed by atoms with Crippen molar-refractivity contribution in [1.82, 2.24) is 19.4 Å². The molecule has 23 heavy (non-hydrogen) atoms. The molecular weight excluding hydrogens is 308 g/mol. The summed E-state index contributed by atoms with van der Waals surface area (Å²) in [5, 5.41) is 0. The molecular formula is C17H22N4OS. The zero-order chi connectivity index (χ0) is 16.4. The van der Waals surface area contributed by atoms with Gasteiger partial charge in [-0.05, 0) is 51.3 Å². The number of rotatable bonds is 3. The van der Waals surface area contributed by atoms with Crippen LogP contribution in [0.1, 0.15) is 23.3 Å². The first kappa shape index (κ1) is 16.0. The topological polar surface area (TPSA) is 44.3 Å². The summed E-state index contributed by atoms with van der Waals surface area (Å²) in [5.41, 5.74) is 1.51. The number of hydrogen-bond donors (Lipinski definition) is 1. The fraction of sp³-hybridized carbons (Fsp3) is 0.412. The number of para-hydroxylation sites is 1. The molecule has 1 aliphatic heterocycles. The predicted molar refractivity (Wildman–Crippen MR) is 93.6 cm³/mol. The first-order valence-electron chi connectivity index (χ1n) is 7.89. The van der Waals surface area contributed by atoms with Crippen molar-refractivity contribution in [1.29, 1.82) is 0 Å². The van der Waals surface area contributed by atoms with Gasteiger partial charge in [0.1, 0.15) is 5.69 Å². The number of imidazole rings is 1. The fourth-order valence-corrected chi connectivity index (χ4v) is 3.37. The molecule has 1 N–H and O–H groups in total. The van der Waals surface area contributed by atoms with Crippen molar-refractivity contribution in [2.24, 2.45) is 0 Å². The van der Waals surface area contributed by atoms with Crippen molar-refractivity contribution in [3.8, 4) is 5.69 Å². The normalized spacial score (nSPS) is 16.0. The quantitative estimate of drug-likeness (QED) is 0.880. The van der Waals surface area contributed by atoms with Gasteiger partial charge < -0.3 is 14.8 Å². The lowest BCUT2D eigenvalue weighted by molar-refractivity contribution is 0.0655. The number of nitrogens with one attached hydrogen (secondary N) is 1. The average Bonchev–Trinajstić information content (AvgIpc) is 2.96. The van der Waals surface area contributed by atoms with Crippen molar-refractivity contribution < 1.29 is 4.79 Å². The molecule has 0 spiro atoms. The Balaban J connectivity index is 1.83. The smallest absolute Gasteiger partial charge is 0.272 e. The monoisotopic (exact) mass is 330 g/mol. The lowest BCUT2D eigenvalue weighted by atomic mass is 10.0. The molecule has 3 rings (SSSR count). The highest BCUT2D eigenvalue weighted by molar-refractivity contribution is 7.71. The van der Waals surface area contributed by atoms with Crippen LogP contribution in [0.5, 0.6) is 0 Å². The van der Waals surface area contributed by atoms with Gasteiger partial charge in [0, 0.05) is 31.0 Å². The highest BCUT2D eigenvalue weighted by Crippen LogP contribution is 2.19. The minimum Gasteiger partial charge on any atom is -0.337 e. The average molecular weight is 330 g/mol. The number of amides is 1. The number of benzene rings is 1. The summed E-state index contributed by atoms with van der Waals surface area (Å²) in [7, 11) is 4.20. The molecule has 0 radical (unpaired) electrons. The number of H-pyrrole nitrogens is 1. The largest absolute Gasteiger partial charge is 0.337 e. The molecule has 2 heterocycles. The summed E-state index contributed by atoms with van der Waals surface area (Å²) < 4.78 is 2.36. The van der Waals surface area contributed by atoms with E-state index in [1.54, 1.807) is 6.20 Å². The van der Waals surface area contributed by atoms with E-state index in [2.05, 4.69) is 24.0 Å². The Labute approximate surface area is 141 Å². The van der Waals surface area contributed by atoms with Gasteiger partial charge in [-0.2, -0.15) is 0 Å². The molecule has 6 heteroatoms. The van der Waals surface area contributed by atoms with E-state index >= 15 is 0 Å². The summed E-state index contributed by atoms with van der Waals surface area (Å²) in [6.07, 6.45) is 3.74. The molecule has 122 valence electrons. The Bertz CT molecular complexity index is 727. The summed E-state index contributed by atoms with van der Waals surface area (Å²) in [6, 6.07) is 10.3. The van der Waals surface area contributed by atoms with E-state index in [4.69, 9.17) is 12.2 Å². The second kappa shape index (κ2) is 6.68. The number of nitrogens with zero attached hydrogens (tertiary/aromatic N) is 3. The van der Waals surface area contributed by atoms with Crippen LogP contribution in [0.15, 0.2) is 36.5 Å². The molecule has 1 aliphatic rings. The number of aromatic amines is 1. The van der Waals surface area contributed by atoms with Crippen molar-refractivity contribution in [3.63, 3.8) is 0 Å². The molecule has 2 aromatic rings. The first-order valence-corrected chi connectivity index (χ1v) is 8.30. The molecule has 1 fully saturated rings. The van der Waals surface area contributed by atoms with Crippen LogP contribution in [0.25, 0.3) is 5.69 Å². The Morgan fingerprint density at radius 1 is 1.22 bits per heavy atom. The van der Waals surface area contributed by atoms with Crippen LogP contribution in [-0.2, 0) is 0 Å². The Kier molecular flexibility index (Phi) is 4.63. The van der Waals surface area contributed by atoms with Gasteiger partial charge in [-0.15, -0.1) is 0 Å². The van der Waals surface area contributed by atoms with Gasteiger partial charge in [0.25, 0.3) is 5.91 Å². The van der Waals surface area contributed by atoms with Gasteiger partial charge in [0.15, 0.2) is 4.77 Å². The van der Waals surface area contributed by atoms with Crippen LogP contribution < -0.4 is 0 Å². The molecule has 1 aromatic heterocycles. The zero-order valence-electron chi connectivity index (χ0n) is 13.5. The zero-order valence-corrected chi connectivity index (χ0v) is 14.3. The fourth-order valence-electron chi connectivity index (χ4n) is 3.11. The highest BCUT2D eigenvalue weighted by atomic mass is 32.1. The maximum absolute atomic E-state index is 12.9. The third-order valence-corrected chi connectivity index (χ3v) is 4.79. The van der Waals surface area contributed by atoms with Crippen molar-refractivity contribution in [2.45, 2.75) is 18.9 Å². The summed E-state index contributed by atoms with van der Waals surface area (Å²) in [6.45, 7) is 1.57. The Morgan fingerprint density at radius 2 is 1.87 bits per heavy atom. The van der Waals surface area contributed by atoms with Crippen molar-refractivity contribution in [3.05, 3.63) is 47.0 Å². The van der Waals surface area contributed by atoms with Crippen LogP contribution in [0.2, 0.25) is 0 Å². The van der Waals surface area contributed by atoms with E-state index in [0.29, 0.717) is 16.5 Å². The minimum absolute atomic E-state index is 0.0402. The van der Waals surface area contributed by atoms with Crippen molar-refractivity contribution in [2.75, 3.05) is 27.2 Å². The molecule has 5 nitrogen and oxygen atoms in total. The molecule has 1 aromatic carbocycles. The predicted octanol–water partition coefficient (Wildman–Crippen LogP) is 2.70. The van der Waals surface area contributed by atoms with E-state index in [0.717, 1.165) is 31.6 Å². The summed E-state index contributed by atoms with van der Waals surface area (Å²) >= 11 is 5.36. The second-order valence-corrected chi connectivity index (χ2v) is 6.52. The van der Waals surface area contributed by atoms with E-state index in [1.165, 1.54) is 0 Å². The van der Waals surface area contributed by atoms with Crippen LogP contribution >= 0.6 is 12.2 Å². The minimum atomic E-state index is 0.0402. The van der Waals surface area contributed by atoms with Gasteiger partial charge in [-0.1, -0.05) is 18.2 Å². The number of likely N-dealkylation sites (tertiary alicyclic amines) is 1. The van der Waals surface area contributed by atoms with Crippen LogP contribution in [-0.4, -0.2) is 58.5 Å². The van der Waals surface area contributed by atoms with Gasteiger partial charge in [-0.25, -0.2) is 0 Å². The number of piperidine rings is 1. The molecule has 0 saturated carbocycles. The van der Waals surface area contributed by atoms with E-state index in [9.17, 15) is 4.79 Å². The molecule has 0 atom stereocenters. The molecule has 0 aliphatic carbocycles. The second-order valence-electron chi connectivity index (χ2n) is 6.14.